The van der Waals surface area contributed by atoms with E-state index in [0.29, 0.717) is 10.2 Å². The predicted octanol–water partition coefficient (Wildman–Crippen LogP) is 4.24. The van der Waals surface area contributed by atoms with E-state index < -0.39 is 14.7 Å². The first-order valence-electron chi connectivity index (χ1n) is 12.3. The second kappa shape index (κ2) is 11.6. The topological polar surface area (TPSA) is 83.2 Å². The molecule has 0 saturated heterocycles. The molecule has 0 amide bonds. The molecule has 0 radical (unpaired) electrons. The minimum absolute atomic E-state index is 0.00339. The van der Waals surface area contributed by atoms with E-state index in [1.165, 1.54) is 16.7 Å². The Morgan fingerprint density at radius 1 is 1.00 bits per heavy atom. The van der Waals surface area contributed by atoms with E-state index in [1.807, 2.05) is 73.6 Å². The maximum Gasteiger partial charge on any atom is 0.273 e. The molecule has 0 aliphatic heterocycles. The number of rotatable bonds is 8. The van der Waals surface area contributed by atoms with Crippen LogP contribution in [-0.2, 0) is 16.3 Å². The van der Waals surface area contributed by atoms with Crippen LogP contribution in [0.5, 0.6) is 0 Å². The molecule has 38 heavy (non-hydrogen) atoms. The summed E-state index contributed by atoms with van der Waals surface area (Å²) in [6.45, 7) is 2.13. The average Bonchev–Trinajstić information content (AvgIpc) is 3.23. The number of hydrogen-bond acceptors (Lipinski definition) is 6. The summed E-state index contributed by atoms with van der Waals surface area (Å²) in [7, 11) is -0.265. The maximum atomic E-state index is 13.7. The van der Waals surface area contributed by atoms with Gasteiger partial charge in [0.1, 0.15) is 10.7 Å². The highest BCUT2D eigenvalue weighted by atomic mass is 32.2. The van der Waals surface area contributed by atoms with Gasteiger partial charge in [-0.1, -0.05) is 55.8 Å². The zero-order valence-electron chi connectivity index (χ0n) is 21.6. The van der Waals surface area contributed by atoms with Gasteiger partial charge in [0.15, 0.2) is 4.91 Å². The highest BCUT2D eigenvalue weighted by Gasteiger charge is 2.25. The number of nitrogens with zero attached hydrogens (tertiary/aromatic N) is 3. The van der Waals surface area contributed by atoms with Crippen LogP contribution in [0.2, 0.25) is 0 Å². The quantitative estimate of drug-likeness (QED) is 0.332. The Bertz CT molecular complexity index is 1740. The van der Waals surface area contributed by atoms with Gasteiger partial charge in [-0.25, -0.2) is 8.42 Å². The smallest absolute Gasteiger partial charge is 0.273 e. The van der Waals surface area contributed by atoms with Gasteiger partial charge in [-0.05, 0) is 66.4 Å². The van der Waals surface area contributed by atoms with Crippen molar-refractivity contribution in [1.29, 1.82) is 5.26 Å². The Balaban J connectivity index is 1.99. The van der Waals surface area contributed by atoms with Crippen molar-refractivity contribution < 1.29 is 8.42 Å². The molecule has 3 aromatic carbocycles. The number of anilines is 1. The number of benzene rings is 3. The van der Waals surface area contributed by atoms with Crippen molar-refractivity contribution in [3.8, 4) is 11.8 Å². The number of thiazole rings is 1. The van der Waals surface area contributed by atoms with Gasteiger partial charge in [0.05, 0.1) is 15.1 Å². The molecular weight excluding hydrogens is 514 g/mol. The lowest BCUT2D eigenvalue weighted by Crippen LogP contribution is -2.31. The van der Waals surface area contributed by atoms with Crippen LogP contribution in [0.25, 0.3) is 16.7 Å². The minimum atomic E-state index is -4.16. The standard InChI is InChI=1S/C30H29N3O3S2/c1-4-5-9-22-12-18-25(19-13-22)33-29(34)27(20-23-14-16-24(17-15-23)32(2)3)37-30(33)28(21-31)38(35,36)26-10-7-6-8-11-26/h6-8,10-20H,4-5,9H2,1-3H3/b27-20+,30-28-. The molecule has 1 heterocycles. The fourth-order valence-electron chi connectivity index (χ4n) is 4.02. The summed E-state index contributed by atoms with van der Waals surface area (Å²) in [5.41, 5.74) is 3.09. The van der Waals surface area contributed by atoms with Crippen molar-refractivity contribution in [3.63, 3.8) is 0 Å². The number of unbranched alkanes of at least 4 members (excludes halogenated alkanes) is 1. The molecule has 8 heteroatoms. The van der Waals surface area contributed by atoms with Gasteiger partial charge in [0.25, 0.3) is 5.56 Å². The van der Waals surface area contributed by atoms with Crippen LogP contribution in [0.3, 0.4) is 0 Å². The van der Waals surface area contributed by atoms with Crippen LogP contribution in [0.1, 0.15) is 30.9 Å². The van der Waals surface area contributed by atoms with E-state index in [9.17, 15) is 18.5 Å². The van der Waals surface area contributed by atoms with Gasteiger partial charge in [-0.2, -0.15) is 5.26 Å². The lowest BCUT2D eigenvalue weighted by atomic mass is 10.1. The SMILES string of the molecule is CCCCc1ccc(-n2c(=O)/c(=C\c3ccc(N(C)C)cc3)s/c2=C(/C#N)S(=O)(=O)c2ccccc2)cc1. The van der Waals surface area contributed by atoms with E-state index in [-0.39, 0.29) is 15.1 Å². The van der Waals surface area contributed by atoms with Crippen molar-refractivity contribution in [2.24, 2.45) is 0 Å². The molecule has 4 rings (SSSR count). The molecule has 0 atom stereocenters. The Hall–Kier alpha value is -3.93. The zero-order valence-corrected chi connectivity index (χ0v) is 23.2. The summed E-state index contributed by atoms with van der Waals surface area (Å²) < 4.78 is 28.8. The fraction of sp³-hybridized carbons (Fsp3) is 0.200. The number of sulfone groups is 1. The molecule has 0 fully saturated rings. The summed E-state index contributed by atoms with van der Waals surface area (Å²) >= 11 is 1.00. The molecule has 0 N–H and O–H groups in total. The Morgan fingerprint density at radius 2 is 1.66 bits per heavy atom. The Labute approximate surface area is 227 Å². The van der Waals surface area contributed by atoms with Gasteiger partial charge in [-0.3, -0.25) is 9.36 Å². The molecule has 0 bridgehead atoms. The fourth-order valence-corrected chi connectivity index (χ4v) is 6.67. The summed E-state index contributed by atoms with van der Waals surface area (Å²) in [6, 6.07) is 24.9. The number of hydrogen-bond donors (Lipinski definition) is 0. The second-order valence-corrected chi connectivity index (χ2v) is 12.0. The predicted molar refractivity (Wildman–Crippen MR) is 155 cm³/mol. The van der Waals surface area contributed by atoms with Gasteiger partial charge in [0.2, 0.25) is 9.84 Å². The third kappa shape index (κ3) is 5.64. The largest absolute Gasteiger partial charge is 0.378 e. The first kappa shape index (κ1) is 27.1. The maximum absolute atomic E-state index is 13.7. The van der Waals surface area contributed by atoms with Gasteiger partial charge >= 0.3 is 0 Å². The first-order valence-corrected chi connectivity index (χ1v) is 14.6. The van der Waals surface area contributed by atoms with E-state index in [4.69, 9.17) is 0 Å². The normalized spacial score (nSPS) is 12.7. The Kier molecular flexibility index (Phi) is 8.30. The molecule has 0 spiro atoms. The first-order chi connectivity index (χ1) is 18.3. The van der Waals surface area contributed by atoms with E-state index in [2.05, 4.69) is 6.92 Å². The molecule has 1 aromatic heterocycles. The van der Waals surface area contributed by atoms with Crippen molar-refractivity contribution in [2.75, 3.05) is 19.0 Å². The minimum Gasteiger partial charge on any atom is -0.378 e. The van der Waals surface area contributed by atoms with Crippen LogP contribution >= 0.6 is 11.3 Å². The molecule has 0 aliphatic rings. The summed E-state index contributed by atoms with van der Waals surface area (Å²) in [6.07, 6.45) is 4.77. The lowest BCUT2D eigenvalue weighted by Gasteiger charge is -2.11. The van der Waals surface area contributed by atoms with Crippen molar-refractivity contribution >= 4 is 37.8 Å². The highest BCUT2D eigenvalue weighted by Crippen LogP contribution is 2.19. The van der Waals surface area contributed by atoms with Crippen molar-refractivity contribution in [1.82, 2.24) is 4.57 Å². The molecule has 0 aliphatic carbocycles. The molecule has 4 aromatic rings. The summed E-state index contributed by atoms with van der Waals surface area (Å²) in [4.78, 5) is 15.3. The third-order valence-electron chi connectivity index (χ3n) is 6.16. The summed E-state index contributed by atoms with van der Waals surface area (Å²) in [5, 5.41) is 10.1. The van der Waals surface area contributed by atoms with Crippen LogP contribution in [0.15, 0.2) is 88.6 Å². The van der Waals surface area contributed by atoms with Crippen molar-refractivity contribution in [2.45, 2.75) is 31.1 Å². The Morgan fingerprint density at radius 3 is 2.24 bits per heavy atom. The monoisotopic (exact) mass is 543 g/mol. The van der Waals surface area contributed by atoms with Gasteiger partial charge in [-0.15, -0.1) is 11.3 Å². The molecule has 194 valence electrons. The molecule has 0 saturated carbocycles. The second-order valence-electron chi connectivity index (χ2n) is 9.07. The van der Waals surface area contributed by atoms with Gasteiger partial charge < -0.3 is 4.90 Å². The number of aromatic nitrogens is 1. The third-order valence-corrected chi connectivity index (χ3v) is 9.10. The molecule has 0 unspecified atom stereocenters. The van der Waals surface area contributed by atoms with Gasteiger partial charge in [0, 0.05) is 19.8 Å². The zero-order chi connectivity index (χ0) is 27.3. The van der Waals surface area contributed by atoms with Crippen LogP contribution in [0.4, 0.5) is 5.69 Å². The van der Waals surface area contributed by atoms with E-state index >= 15 is 0 Å². The number of aryl methyl sites for hydroxylation is 1. The highest BCUT2D eigenvalue weighted by molar-refractivity contribution is 8.00. The molecule has 6 nitrogen and oxygen atoms in total. The van der Waals surface area contributed by atoms with Crippen LogP contribution in [-0.4, -0.2) is 27.1 Å². The van der Waals surface area contributed by atoms with Crippen LogP contribution in [0, 0.1) is 11.3 Å². The average molecular weight is 544 g/mol. The molecular formula is C30H29N3O3S2. The number of nitriles is 1. The van der Waals surface area contributed by atoms with E-state index in [0.717, 1.165) is 47.4 Å². The van der Waals surface area contributed by atoms with E-state index in [1.54, 1.807) is 24.3 Å². The lowest BCUT2D eigenvalue weighted by molar-refractivity contribution is 0.606. The van der Waals surface area contributed by atoms with Crippen molar-refractivity contribution in [3.05, 3.63) is 110 Å². The summed E-state index contributed by atoms with van der Waals surface area (Å²) in [5.74, 6) is 0. The van der Waals surface area contributed by atoms with Crippen LogP contribution < -0.4 is 19.7 Å².